The monoisotopic (exact) mass is 593 g/mol. The number of carbonyl (C=O) groups is 1. The van der Waals surface area contributed by atoms with Crippen LogP contribution in [-0.2, 0) is 31.9 Å². The largest absolute Gasteiger partial charge is 0.405 e. The van der Waals surface area contributed by atoms with E-state index in [4.69, 9.17) is 13.9 Å². The Labute approximate surface area is 257 Å². The first-order valence-corrected chi connectivity index (χ1v) is 17.1. The fourth-order valence-corrected chi connectivity index (χ4v) is 10.8. The molecule has 5 nitrogen and oxygen atoms in total. The number of hydrogen-bond donors (Lipinski definition) is 1. The number of benzene rings is 4. The number of hydrogen-bond acceptors (Lipinski definition) is 4. The number of amides is 1. The molecule has 1 aliphatic heterocycles. The van der Waals surface area contributed by atoms with E-state index in [1.807, 2.05) is 48.5 Å². The van der Waals surface area contributed by atoms with Gasteiger partial charge in [0.05, 0.1) is 25.4 Å². The number of rotatable bonds is 13. The SMILES string of the molecule is C[C@@H](C[C@H](OCc1ccccc1)[C@H]1NC(=O)[C@H]1OCc1ccccc1)O[Si](c1ccccc1)(c1ccccc1)C(C)(C)C. The van der Waals surface area contributed by atoms with Crippen molar-refractivity contribution in [3.05, 3.63) is 132 Å². The quantitative estimate of drug-likeness (QED) is 0.152. The smallest absolute Gasteiger partial charge is 0.261 e. The molecule has 0 spiro atoms. The molecular formula is C37H43NO4Si. The Morgan fingerprint density at radius 2 is 1.19 bits per heavy atom. The Hall–Kier alpha value is -3.55. The van der Waals surface area contributed by atoms with Crippen LogP contribution in [-0.4, -0.2) is 38.6 Å². The fourth-order valence-electron chi connectivity index (χ4n) is 6.08. The van der Waals surface area contributed by atoms with Gasteiger partial charge in [0.15, 0.2) is 6.10 Å². The van der Waals surface area contributed by atoms with Gasteiger partial charge in [-0.2, -0.15) is 0 Å². The Bertz CT molecular complexity index is 1390. The van der Waals surface area contributed by atoms with Crippen LogP contribution in [0.15, 0.2) is 121 Å². The Morgan fingerprint density at radius 3 is 1.65 bits per heavy atom. The molecule has 224 valence electrons. The summed E-state index contributed by atoms with van der Waals surface area (Å²) in [5.41, 5.74) is 2.12. The summed E-state index contributed by atoms with van der Waals surface area (Å²) in [7, 11) is -2.76. The van der Waals surface area contributed by atoms with Gasteiger partial charge in [0.1, 0.15) is 0 Å². The van der Waals surface area contributed by atoms with Crippen molar-refractivity contribution >= 4 is 24.6 Å². The second-order valence-corrected chi connectivity index (χ2v) is 16.7. The topological polar surface area (TPSA) is 56.8 Å². The molecule has 0 unspecified atom stereocenters. The molecule has 0 saturated carbocycles. The minimum atomic E-state index is -2.76. The molecule has 0 aromatic heterocycles. The van der Waals surface area contributed by atoms with E-state index in [0.29, 0.717) is 19.6 Å². The molecule has 1 aliphatic rings. The van der Waals surface area contributed by atoms with Crippen LogP contribution in [0.5, 0.6) is 0 Å². The summed E-state index contributed by atoms with van der Waals surface area (Å²) >= 11 is 0. The molecule has 1 heterocycles. The normalized spacial score (nSPS) is 18.4. The molecule has 43 heavy (non-hydrogen) atoms. The summed E-state index contributed by atoms with van der Waals surface area (Å²) in [6.07, 6.45) is -0.430. The third-order valence-corrected chi connectivity index (χ3v) is 13.4. The lowest BCUT2D eigenvalue weighted by atomic mass is 9.92. The van der Waals surface area contributed by atoms with Crippen molar-refractivity contribution in [2.45, 2.75) is 76.7 Å². The number of nitrogens with one attached hydrogen (secondary N) is 1. The van der Waals surface area contributed by atoms with Crippen LogP contribution in [0, 0.1) is 0 Å². The van der Waals surface area contributed by atoms with Crippen LogP contribution in [0.4, 0.5) is 0 Å². The average Bonchev–Trinajstić information content (AvgIpc) is 3.02. The lowest BCUT2D eigenvalue weighted by Gasteiger charge is -2.46. The van der Waals surface area contributed by atoms with Crippen LogP contribution >= 0.6 is 0 Å². The molecular weight excluding hydrogens is 550 g/mol. The third kappa shape index (κ3) is 7.16. The number of carbonyl (C=O) groups excluding carboxylic acids is 1. The minimum absolute atomic E-state index is 0.102. The third-order valence-electron chi connectivity index (χ3n) is 8.23. The molecule has 1 N–H and O–H groups in total. The highest BCUT2D eigenvalue weighted by Crippen LogP contribution is 2.38. The maximum Gasteiger partial charge on any atom is 0.261 e. The van der Waals surface area contributed by atoms with Crippen molar-refractivity contribution in [2.24, 2.45) is 0 Å². The zero-order chi connectivity index (χ0) is 30.3. The lowest BCUT2D eigenvalue weighted by molar-refractivity contribution is -0.161. The van der Waals surface area contributed by atoms with E-state index in [2.05, 4.69) is 106 Å². The van der Waals surface area contributed by atoms with Gasteiger partial charge in [-0.3, -0.25) is 4.79 Å². The molecule has 4 atom stereocenters. The standard InChI is InChI=1S/C37H43NO4Si/c1-28(42-43(37(2,3)4,31-21-13-7-14-22-31)32-23-15-8-16-24-32)25-33(40-26-29-17-9-5-10-18-29)34-35(36(39)38-34)41-27-30-19-11-6-12-20-30/h5-24,28,33-35H,25-27H2,1-4H3,(H,38,39)/t28-,33-,34+,35-/m0/s1. The lowest BCUT2D eigenvalue weighted by Crippen LogP contribution is -2.69. The molecule has 6 heteroatoms. The van der Waals surface area contributed by atoms with Gasteiger partial charge in [-0.1, -0.05) is 142 Å². The molecule has 0 aliphatic carbocycles. The molecule has 1 saturated heterocycles. The van der Waals surface area contributed by atoms with Crippen molar-refractivity contribution in [2.75, 3.05) is 0 Å². The van der Waals surface area contributed by atoms with E-state index in [9.17, 15) is 4.79 Å². The van der Waals surface area contributed by atoms with Gasteiger partial charge in [0.25, 0.3) is 14.2 Å². The first-order valence-electron chi connectivity index (χ1n) is 15.2. The second-order valence-electron chi connectivity index (χ2n) is 12.4. The van der Waals surface area contributed by atoms with Gasteiger partial charge in [-0.25, -0.2) is 0 Å². The van der Waals surface area contributed by atoms with Gasteiger partial charge in [0, 0.05) is 12.5 Å². The second kappa shape index (κ2) is 13.8. The molecule has 4 aromatic carbocycles. The van der Waals surface area contributed by atoms with E-state index in [-0.39, 0.29) is 29.2 Å². The Kier molecular flexibility index (Phi) is 9.93. The highest BCUT2D eigenvalue weighted by Gasteiger charge is 2.52. The van der Waals surface area contributed by atoms with Crippen molar-refractivity contribution in [3.63, 3.8) is 0 Å². The van der Waals surface area contributed by atoms with E-state index >= 15 is 0 Å². The van der Waals surface area contributed by atoms with E-state index < -0.39 is 14.4 Å². The molecule has 0 bridgehead atoms. The van der Waals surface area contributed by atoms with Crippen molar-refractivity contribution in [1.82, 2.24) is 5.32 Å². The van der Waals surface area contributed by atoms with Crippen LogP contribution in [0.3, 0.4) is 0 Å². The summed E-state index contributed by atoms with van der Waals surface area (Å²) in [5, 5.41) is 5.43. The highest BCUT2D eigenvalue weighted by atomic mass is 28.4. The van der Waals surface area contributed by atoms with Crippen LogP contribution in [0.1, 0.15) is 45.2 Å². The minimum Gasteiger partial charge on any atom is -0.405 e. The maximum atomic E-state index is 12.7. The molecule has 4 aromatic rings. The van der Waals surface area contributed by atoms with Crippen molar-refractivity contribution in [1.29, 1.82) is 0 Å². The first kappa shape index (κ1) is 30.9. The Balaban J connectivity index is 1.41. The molecule has 1 amide bonds. The maximum absolute atomic E-state index is 12.7. The zero-order valence-electron chi connectivity index (χ0n) is 25.6. The van der Waals surface area contributed by atoms with Gasteiger partial charge in [-0.15, -0.1) is 0 Å². The van der Waals surface area contributed by atoms with Gasteiger partial charge >= 0.3 is 0 Å². The van der Waals surface area contributed by atoms with Crippen molar-refractivity contribution < 1.29 is 18.7 Å². The highest BCUT2D eigenvalue weighted by molar-refractivity contribution is 6.99. The molecule has 0 radical (unpaired) electrons. The number of ether oxygens (including phenoxy) is 2. The summed E-state index contributed by atoms with van der Waals surface area (Å²) in [6, 6.07) is 41.2. The molecule has 5 rings (SSSR count). The van der Waals surface area contributed by atoms with E-state index in [1.165, 1.54) is 10.4 Å². The summed E-state index contributed by atoms with van der Waals surface area (Å²) in [6.45, 7) is 9.81. The van der Waals surface area contributed by atoms with Gasteiger partial charge in [0.2, 0.25) is 0 Å². The summed E-state index contributed by atoms with van der Waals surface area (Å²) < 4.78 is 20.1. The predicted octanol–water partition coefficient (Wildman–Crippen LogP) is 6.01. The van der Waals surface area contributed by atoms with Crippen LogP contribution < -0.4 is 15.7 Å². The van der Waals surface area contributed by atoms with E-state index in [1.54, 1.807) is 0 Å². The summed E-state index contributed by atoms with van der Waals surface area (Å²) in [5.74, 6) is -0.102. The van der Waals surface area contributed by atoms with Gasteiger partial charge in [-0.05, 0) is 33.5 Å². The Morgan fingerprint density at radius 1 is 0.721 bits per heavy atom. The van der Waals surface area contributed by atoms with E-state index in [0.717, 1.165) is 11.1 Å². The number of β-lactam (4-membered cyclic amide) rings is 1. The van der Waals surface area contributed by atoms with Crippen LogP contribution in [0.25, 0.3) is 0 Å². The van der Waals surface area contributed by atoms with Crippen molar-refractivity contribution in [3.8, 4) is 0 Å². The summed E-state index contributed by atoms with van der Waals surface area (Å²) in [4.78, 5) is 12.7. The predicted molar refractivity (Wildman–Crippen MR) is 175 cm³/mol. The first-order chi connectivity index (χ1) is 20.8. The average molecular weight is 594 g/mol. The zero-order valence-corrected chi connectivity index (χ0v) is 26.6. The van der Waals surface area contributed by atoms with Crippen LogP contribution in [0.2, 0.25) is 5.04 Å². The fraction of sp³-hybridized carbons (Fsp3) is 0.324. The van der Waals surface area contributed by atoms with Gasteiger partial charge < -0.3 is 19.2 Å². The molecule has 1 fully saturated rings.